The zero-order valence-electron chi connectivity index (χ0n) is 11.5. The van der Waals surface area contributed by atoms with Crippen LogP contribution in [-0.2, 0) is 16.4 Å². The molecule has 106 valence electrons. The van der Waals surface area contributed by atoms with Gasteiger partial charge < -0.3 is 4.90 Å². The molecule has 0 unspecified atom stereocenters. The van der Waals surface area contributed by atoms with Gasteiger partial charge in [-0.1, -0.05) is 30.3 Å². The summed E-state index contributed by atoms with van der Waals surface area (Å²) in [5, 5.41) is 0. The predicted molar refractivity (Wildman–Crippen MR) is 77.6 cm³/mol. The Morgan fingerprint density at radius 1 is 1.05 bits per heavy atom. The van der Waals surface area contributed by atoms with Crippen molar-refractivity contribution in [3.05, 3.63) is 35.9 Å². The highest BCUT2D eigenvalue weighted by molar-refractivity contribution is 7.88. The van der Waals surface area contributed by atoms with Crippen molar-refractivity contribution in [2.24, 2.45) is 0 Å². The second-order valence-corrected chi connectivity index (χ2v) is 7.08. The summed E-state index contributed by atoms with van der Waals surface area (Å²) in [6.07, 6.45) is 3.51. The van der Waals surface area contributed by atoms with Crippen LogP contribution in [0.25, 0.3) is 0 Å². The van der Waals surface area contributed by atoms with Gasteiger partial charge in [-0.2, -0.15) is 4.31 Å². The van der Waals surface area contributed by atoms with E-state index in [1.165, 1.54) is 11.8 Å². The highest BCUT2D eigenvalue weighted by atomic mass is 32.2. The minimum absolute atomic E-state index is 0.629. The number of nitrogens with zero attached hydrogens (tertiary/aromatic N) is 2. The van der Waals surface area contributed by atoms with E-state index in [0.717, 1.165) is 32.5 Å². The van der Waals surface area contributed by atoms with Crippen molar-refractivity contribution in [1.82, 2.24) is 9.21 Å². The molecule has 0 amide bonds. The first-order valence-corrected chi connectivity index (χ1v) is 8.62. The van der Waals surface area contributed by atoms with Gasteiger partial charge in [-0.05, 0) is 24.9 Å². The summed E-state index contributed by atoms with van der Waals surface area (Å²) in [7, 11) is -3.01. The Labute approximate surface area is 116 Å². The SMILES string of the molecule is CS(=O)(=O)N1CCN(CCCc2ccccc2)CC1. The molecule has 0 N–H and O–H groups in total. The van der Waals surface area contributed by atoms with Gasteiger partial charge in [0.25, 0.3) is 0 Å². The van der Waals surface area contributed by atoms with Gasteiger partial charge in [0.2, 0.25) is 10.0 Å². The summed E-state index contributed by atoms with van der Waals surface area (Å²) in [6, 6.07) is 10.5. The quantitative estimate of drug-likeness (QED) is 0.815. The van der Waals surface area contributed by atoms with E-state index in [1.54, 1.807) is 4.31 Å². The maximum absolute atomic E-state index is 11.4. The lowest BCUT2D eigenvalue weighted by atomic mass is 10.1. The smallest absolute Gasteiger partial charge is 0.211 e. The van der Waals surface area contributed by atoms with E-state index < -0.39 is 10.0 Å². The molecule has 5 heteroatoms. The normalized spacial score (nSPS) is 18.6. The van der Waals surface area contributed by atoms with Gasteiger partial charge in [0.05, 0.1) is 6.26 Å². The lowest BCUT2D eigenvalue weighted by molar-refractivity contribution is 0.187. The lowest BCUT2D eigenvalue weighted by Crippen LogP contribution is -2.48. The standard InChI is InChI=1S/C14H22N2O2S/c1-19(17,18)16-12-10-15(11-13-16)9-5-8-14-6-3-2-4-7-14/h2-4,6-7H,5,8-13H2,1H3. The van der Waals surface area contributed by atoms with Crippen LogP contribution in [0.4, 0.5) is 0 Å². The second kappa shape index (κ2) is 6.50. The number of benzene rings is 1. The van der Waals surface area contributed by atoms with Gasteiger partial charge in [-0.25, -0.2) is 8.42 Å². The molecule has 0 aliphatic carbocycles. The lowest BCUT2D eigenvalue weighted by Gasteiger charge is -2.33. The summed E-state index contributed by atoms with van der Waals surface area (Å²) in [5.74, 6) is 0. The number of sulfonamides is 1. The van der Waals surface area contributed by atoms with Crippen LogP contribution in [0.2, 0.25) is 0 Å². The molecule has 0 aromatic heterocycles. The highest BCUT2D eigenvalue weighted by Gasteiger charge is 2.22. The largest absolute Gasteiger partial charge is 0.301 e. The highest BCUT2D eigenvalue weighted by Crippen LogP contribution is 2.08. The van der Waals surface area contributed by atoms with Crippen molar-refractivity contribution in [2.45, 2.75) is 12.8 Å². The van der Waals surface area contributed by atoms with Crippen LogP contribution < -0.4 is 0 Å². The molecule has 0 bridgehead atoms. The molecule has 1 heterocycles. The molecular weight excluding hydrogens is 260 g/mol. The monoisotopic (exact) mass is 282 g/mol. The van der Waals surface area contributed by atoms with Crippen LogP contribution in [-0.4, -0.2) is 56.6 Å². The van der Waals surface area contributed by atoms with Crippen LogP contribution in [0.3, 0.4) is 0 Å². The molecule has 1 fully saturated rings. The Kier molecular flexibility index (Phi) is 4.96. The zero-order valence-corrected chi connectivity index (χ0v) is 12.3. The summed E-state index contributed by atoms with van der Waals surface area (Å²) in [6.45, 7) is 4.00. The van der Waals surface area contributed by atoms with Crippen molar-refractivity contribution in [3.8, 4) is 0 Å². The molecule has 0 spiro atoms. The Hall–Kier alpha value is -0.910. The molecule has 1 aliphatic rings. The van der Waals surface area contributed by atoms with Gasteiger partial charge in [0, 0.05) is 26.2 Å². The van der Waals surface area contributed by atoms with Crippen LogP contribution in [0.5, 0.6) is 0 Å². The predicted octanol–water partition coefficient (Wildman–Crippen LogP) is 1.20. The van der Waals surface area contributed by atoms with E-state index in [4.69, 9.17) is 0 Å². The Balaban J connectivity index is 1.69. The maximum Gasteiger partial charge on any atom is 0.211 e. The van der Waals surface area contributed by atoms with E-state index in [9.17, 15) is 8.42 Å². The molecule has 4 nitrogen and oxygen atoms in total. The van der Waals surface area contributed by atoms with Gasteiger partial charge in [0.1, 0.15) is 0 Å². The summed E-state index contributed by atoms with van der Waals surface area (Å²) in [5.41, 5.74) is 1.37. The molecule has 0 saturated carbocycles. The second-order valence-electron chi connectivity index (χ2n) is 5.09. The van der Waals surface area contributed by atoms with Crippen LogP contribution >= 0.6 is 0 Å². The minimum atomic E-state index is -3.01. The molecule has 0 atom stereocenters. The van der Waals surface area contributed by atoms with Gasteiger partial charge in [-0.15, -0.1) is 0 Å². The summed E-state index contributed by atoms with van der Waals surface area (Å²) in [4.78, 5) is 2.35. The van der Waals surface area contributed by atoms with Gasteiger partial charge in [0.15, 0.2) is 0 Å². The average molecular weight is 282 g/mol. The van der Waals surface area contributed by atoms with Crippen molar-refractivity contribution < 1.29 is 8.42 Å². The van der Waals surface area contributed by atoms with Crippen LogP contribution in [0, 0.1) is 0 Å². The fourth-order valence-electron chi connectivity index (χ4n) is 2.44. The van der Waals surface area contributed by atoms with E-state index in [-0.39, 0.29) is 0 Å². The number of piperazine rings is 1. The maximum atomic E-state index is 11.4. The third-order valence-corrected chi connectivity index (χ3v) is 4.89. The molecular formula is C14H22N2O2S. The Morgan fingerprint density at radius 2 is 1.68 bits per heavy atom. The third kappa shape index (κ3) is 4.60. The van der Waals surface area contributed by atoms with Crippen molar-refractivity contribution in [2.75, 3.05) is 39.0 Å². The van der Waals surface area contributed by atoms with Crippen molar-refractivity contribution >= 4 is 10.0 Å². The number of hydrogen-bond acceptors (Lipinski definition) is 3. The fraction of sp³-hybridized carbons (Fsp3) is 0.571. The zero-order chi connectivity index (χ0) is 13.7. The Morgan fingerprint density at radius 3 is 2.26 bits per heavy atom. The number of rotatable bonds is 5. The minimum Gasteiger partial charge on any atom is -0.301 e. The molecule has 1 aromatic rings. The molecule has 19 heavy (non-hydrogen) atoms. The summed E-state index contributed by atoms with van der Waals surface area (Å²) >= 11 is 0. The number of aryl methyl sites for hydroxylation is 1. The van der Waals surface area contributed by atoms with Gasteiger partial charge >= 0.3 is 0 Å². The molecule has 1 aliphatic heterocycles. The molecule has 1 aromatic carbocycles. The van der Waals surface area contributed by atoms with Crippen LogP contribution in [0.15, 0.2) is 30.3 Å². The first kappa shape index (κ1) is 14.5. The van der Waals surface area contributed by atoms with Crippen LogP contribution in [0.1, 0.15) is 12.0 Å². The summed E-state index contributed by atoms with van der Waals surface area (Å²) < 4.78 is 24.4. The molecule has 1 saturated heterocycles. The fourth-order valence-corrected chi connectivity index (χ4v) is 3.26. The van der Waals surface area contributed by atoms with Gasteiger partial charge in [-0.3, -0.25) is 0 Å². The van der Waals surface area contributed by atoms with E-state index in [2.05, 4.69) is 29.2 Å². The van der Waals surface area contributed by atoms with E-state index in [1.807, 2.05) is 6.07 Å². The molecule has 0 radical (unpaired) electrons. The van der Waals surface area contributed by atoms with Crippen molar-refractivity contribution in [1.29, 1.82) is 0 Å². The Bertz CT molecular complexity index is 479. The van der Waals surface area contributed by atoms with E-state index in [0.29, 0.717) is 13.1 Å². The van der Waals surface area contributed by atoms with Crippen molar-refractivity contribution in [3.63, 3.8) is 0 Å². The number of hydrogen-bond donors (Lipinski definition) is 0. The average Bonchev–Trinajstić information content (AvgIpc) is 2.39. The first-order valence-electron chi connectivity index (χ1n) is 6.77. The molecule has 2 rings (SSSR count). The third-order valence-electron chi connectivity index (χ3n) is 3.58. The topological polar surface area (TPSA) is 40.6 Å². The first-order chi connectivity index (χ1) is 9.05. The van der Waals surface area contributed by atoms with E-state index >= 15 is 0 Å².